The molecule has 1 aromatic carbocycles. The normalized spacial score (nSPS) is 17.8. The maximum Gasteiger partial charge on any atom is 0.278 e. The summed E-state index contributed by atoms with van der Waals surface area (Å²) in [4.78, 5) is 28.4. The molecule has 10 heteroatoms. The Morgan fingerprint density at radius 3 is 2.91 bits per heavy atom. The fourth-order valence-corrected chi connectivity index (χ4v) is 4.62. The van der Waals surface area contributed by atoms with Crippen molar-refractivity contribution in [2.24, 2.45) is 0 Å². The van der Waals surface area contributed by atoms with Gasteiger partial charge in [-0.25, -0.2) is 9.97 Å². The quantitative estimate of drug-likeness (QED) is 0.559. The van der Waals surface area contributed by atoms with Crippen molar-refractivity contribution < 1.29 is 14.2 Å². The second kappa shape index (κ2) is 9.78. The van der Waals surface area contributed by atoms with Crippen LogP contribution in [-0.2, 0) is 15.8 Å². The Labute approximate surface area is 199 Å². The van der Waals surface area contributed by atoms with E-state index in [1.807, 2.05) is 12.1 Å². The van der Waals surface area contributed by atoms with E-state index in [-0.39, 0.29) is 17.6 Å². The van der Waals surface area contributed by atoms with E-state index in [0.717, 1.165) is 43.6 Å². The van der Waals surface area contributed by atoms with Crippen LogP contribution in [0, 0.1) is 0 Å². The molecule has 1 fully saturated rings. The molecule has 1 aliphatic heterocycles. The minimum Gasteiger partial charge on any atom is -0.437 e. The van der Waals surface area contributed by atoms with E-state index < -0.39 is 5.91 Å². The van der Waals surface area contributed by atoms with Gasteiger partial charge in [0.15, 0.2) is 11.5 Å². The average molecular weight is 458 g/mol. The minimum atomic E-state index is -0.424. The number of pyridine rings is 1. The van der Waals surface area contributed by atoms with Crippen LogP contribution in [0.3, 0.4) is 0 Å². The molecule has 0 saturated carbocycles. The summed E-state index contributed by atoms with van der Waals surface area (Å²) in [6.07, 6.45) is 8.16. The van der Waals surface area contributed by atoms with Gasteiger partial charge in [-0.05, 0) is 42.5 Å². The maximum atomic E-state index is 13.2. The predicted octanol–water partition coefficient (Wildman–Crippen LogP) is 2.15. The van der Waals surface area contributed by atoms with Crippen molar-refractivity contribution >= 4 is 31.1 Å². The molecule has 3 N–H and O–H groups in total. The number of aryl methyl sites for hydroxylation is 1. The zero-order valence-electron chi connectivity index (χ0n) is 19.2. The molecule has 1 unspecified atom stereocenters. The summed E-state index contributed by atoms with van der Waals surface area (Å²) in [5.41, 5.74) is 11.6. The van der Waals surface area contributed by atoms with Crippen LogP contribution in [-0.4, -0.2) is 55.2 Å². The number of amides is 1. The van der Waals surface area contributed by atoms with E-state index in [9.17, 15) is 4.79 Å². The van der Waals surface area contributed by atoms with Crippen LogP contribution in [0.5, 0.6) is 0 Å². The molecule has 1 saturated heterocycles. The fraction of sp³-hybridized carbons (Fsp3) is 0.333. The minimum absolute atomic E-state index is 0.0791. The Morgan fingerprint density at radius 1 is 1.24 bits per heavy atom. The van der Waals surface area contributed by atoms with Gasteiger partial charge in [-0.1, -0.05) is 12.1 Å². The summed E-state index contributed by atoms with van der Waals surface area (Å²) in [6, 6.07) is 8.07. The number of nitrogens with zero attached hydrogens (tertiary/aromatic N) is 4. The van der Waals surface area contributed by atoms with Crippen molar-refractivity contribution in [2.75, 3.05) is 42.3 Å². The Hall–Kier alpha value is -3.50. The second-order valence-electron chi connectivity index (χ2n) is 8.47. The molecule has 2 aromatic heterocycles. The Morgan fingerprint density at radius 2 is 2.09 bits per heavy atom. The van der Waals surface area contributed by atoms with Gasteiger partial charge in [0.2, 0.25) is 0 Å². The van der Waals surface area contributed by atoms with Gasteiger partial charge in [-0.15, -0.1) is 0 Å². The number of rotatable bonds is 5. The molecule has 5 rings (SSSR count). The lowest BCUT2D eigenvalue weighted by Gasteiger charge is -2.30. The summed E-state index contributed by atoms with van der Waals surface area (Å²) >= 11 is 0. The van der Waals surface area contributed by atoms with Crippen LogP contribution in [0.15, 0.2) is 42.9 Å². The number of nitrogen functional groups attached to an aromatic ring is 1. The van der Waals surface area contributed by atoms with Gasteiger partial charge in [0, 0.05) is 24.8 Å². The van der Waals surface area contributed by atoms with Gasteiger partial charge in [-0.3, -0.25) is 9.78 Å². The molecular formula is C24H27BN6O3. The predicted molar refractivity (Wildman–Crippen MR) is 132 cm³/mol. The highest BCUT2D eigenvalue weighted by Gasteiger charge is 2.22. The highest BCUT2D eigenvalue weighted by atomic mass is 16.5. The van der Waals surface area contributed by atoms with Gasteiger partial charge in [0.25, 0.3) is 14.0 Å². The van der Waals surface area contributed by atoms with E-state index in [2.05, 4.69) is 37.3 Å². The Kier molecular flexibility index (Phi) is 6.42. The van der Waals surface area contributed by atoms with Gasteiger partial charge < -0.3 is 25.3 Å². The van der Waals surface area contributed by atoms with Gasteiger partial charge in [0.1, 0.15) is 0 Å². The van der Waals surface area contributed by atoms with Crippen molar-refractivity contribution in [2.45, 2.75) is 25.4 Å². The van der Waals surface area contributed by atoms with Crippen LogP contribution >= 0.6 is 0 Å². The lowest BCUT2D eigenvalue weighted by Crippen LogP contribution is -2.36. The molecule has 3 heterocycles. The van der Waals surface area contributed by atoms with E-state index in [1.165, 1.54) is 11.1 Å². The van der Waals surface area contributed by atoms with E-state index >= 15 is 0 Å². The molecule has 34 heavy (non-hydrogen) atoms. The van der Waals surface area contributed by atoms with Gasteiger partial charge in [-0.2, -0.15) is 0 Å². The number of carbonyl (C=O) groups is 1. The van der Waals surface area contributed by atoms with Crippen LogP contribution in [0.1, 0.15) is 40.6 Å². The third-order valence-electron chi connectivity index (χ3n) is 6.40. The molecule has 1 aliphatic carbocycles. The number of fused-ring (bicyclic) bond motifs is 1. The van der Waals surface area contributed by atoms with Crippen LogP contribution < -0.4 is 16.0 Å². The van der Waals surface area contributed by atoms with E-state index in [1.54, 1.807) is 26.6 Å². The van der Waals surface area contributed by atoms with Crippen molar-refractivity contribution in [3.63, 3.8) is 0 Å². The number of morpholine rings is 1. The van der Waals surface area contributed by atoms with Gasteiger partial charge >= 0.3 is 0 Å². The summed E-state index contributed by atoms with van der Waals surface area (Å²) in [7, 11) is 1.75. The monoisotopic (exact) mass is 458 g/mol. The molecule has 0 bridgehead atoms. The largest absolute Gasteiger partial charge is 0.437 e. The first-order valence-corrected chi connectivity index (χ1v) is 11.5. The number of hydrogen-bond acceptors (Lipinski definition) is 8. The number of ether oxygens (including phenoxy) is 1. The molecule has 1 amide bonds. The SMILES string of the molecule is BOC1CCCc2cc(-c3cnc(N)c(C(=O)Nc4cnccc4N4CCOCC4)n3)ccc21. The number of nitrogens with one attached hydrogen (secondary N) is 1. The third-order valence-corrected chi connectivity index (χ3v) is 6.40. The number of aromatic nitrogens is 3. The third kappa shape index (κ3) is 4.46. The Bertz CT molecular complexity index is 1200. The Balaban J connectivity index is 1.41. The molecule has 2 aliphatic rings. The molecule has 0 radical (unpaired) electrons. The maximum absolute atomic E-state index is 13.2. The number of benzene rings is 1. The molecule has 1 atom stereocenters. The first kappa shape index (κ1) is 22.3. The summed E-state index contributed by atoms with van der Waals surface area (Å²) in [5.74, 6) is -0.345. The number of hydrogen-bond donors (Lipinski definition) is 2. The van der Waals surface area contributed by atoms with Crippen molar-refractivity contribution in [3.05, 3.63) is 59.7 Å². The first-order chi connectivity index (χ1) is 16.6. The lowest BCUT2D eigenvalue weighted by atomic mass is 9.87. The van der Waals surface area contributed by atoms with Crippen LogP contribution in [0.25, 0.3) is 11.3 Å². The first-order valence-electron chi connectivity index (χ1n) is 11.5. The smallest absolute Gasteiger partial charge is 0.278 e. The highest BCUT2D eigenvalue weighted by Crippen LogP contribution is 2.34. The molecule has 174 valence electrons. The van der Waals surface area contributed by atoms with Crippen molar-refractivity contribution in [1.29, 1.82) is 0 Å². The number of nitrogens with two attached hydrogens (primary N) is 1. The standard InChI is InChI=1S/C24H27BN6O3/c25-34-21-3-1-2-15-12-16(4-5-17(15)21)18-14-28-23(26)22(29-18)24(32)30-19-13-27-7-6-20(19)31-8-10-33-11-9-31/h4-7,12-14,21H,1-3,8-11,25H2,(H2,26,28)(H,30,32). The topological polar surface area (TPSA) is 115 Å². The summed E-state index contributed by atoms with van der Waals surface area (Å²) in [6.45, 7) is 2.77. The molecule has 9 nitrogen and oxygen atoms in total. The molecule has 3 aromatic rings. The van der Waals surface area contributed by atoms with E-state index in [0.29, 0.717) is 24.6 Å². The highest BCUT2D eigenvalue weighted by molar-refractivity contribution is 6.07. The number of carbonyl (C=O) groups excluding carboxylic acids is 1. The van der Waals surface area contributed by atoms with Crippen molar-refractivity contribution in [1.82, 2.24) is 15.0 Å². The summed E-state index contributed by atoms with van der Waals surface area (Å²) in [5, 5.41) is 2.92. The second-order valence-corrected chi connectivity index (χ2v) is 8.47. The molecule has 0 spiro atoms. The lowest BCUT2D eigenvalue weighted by molar-refractivity contribution is 0.102. The fourth-order valence-electron chi connectivity index (χ4n) is 4.62. The van der Waals surface area contributed by atoms with Crippen LogP contribution in [0.4, 0.5) is 17.2 Å². The average Bonchev–Trinajstić information content (AvgIpc) is 2.89. The summed E-state index contributed by atoms with van der Waals surface area (Å²) < 4.78 is 11.1. The number of anilines is 3. The molecular weight excluding hydrogens is 431 g/mol. The van der Waals surface area contributed by atoms with Crippen LogP contribution in [0.2, 0.25) is 0 Å². The van der Waals surface area contributed by atoms with Crippen molar-refractivity contribution in [3.8, 4) is 11.3 Å². The van der Waals surface area contributed by atoms with Gasteiger partial charge in [0.05, 0.1) is 48.8 Å². The zero-order chi connectivity index (χ0) is 23.5. The van der Waals surface area contributed by atoms with E-state index in [4.69, 9.17) is 15.1 Å². The zero-order valence-corrected chi connectivity index (χ0v) is 19.2.